The van der Waals surface area contributed by atoms with Crippen molar-refractivity contribution in [2.75, 3.05) is 26.2 Å². The van der Waals surface area contributed by atoms with Crippen LogP contribution in [0.3, 0.4) is 0 Å². The van der Waals surface area contributed by atoms with Gasteiger partial charge in [0.25, 0.3) is 0 Å². The van der Waals surface area contributed by atoms with Crippen LogP contribution in [0.1, 0.15) is 26.2 Å². The lowest BCUT2D eigenvalue weighted by Gasteiger charge is -2.29. The predicted octanol–water partition coefficient (Wildman–Crippen LogP) is 1.93. The van der Waals surface area contributed by atoms with Gasteiger partial charge in [0.15, 0.2) is 0 Å². The maximum atomic E-state index is 10.9. The second kappa shape index (κ2) is 7.41. The van der Waals surface area contributed by atoms with Crippen LogP contribution in [0.15, 0.2) is 27.6 Å². The van der Waals surface area contributed by atoms with Crippen LogP contribution in [-0.4, -0.2) is 46.3 Å². The van der Waals surface area contributed by atoms with Gasteiger partial charge in [-0.05, 0) is 38.1 Å². The van der Waals surface area contributed by atoms with E-state index in [1.165, 1.54) is 32.4 Å². The number of hydrogen-bond donors (Lipinski definition) is 1. The zero-order chi connectivity index (χ0) is 16.1. The number of rotatable bonds is 6. The second-order valence-electron chi connectivity index (χ2n) is 6.10. The minimum Gasteiger partial charge on any atom is -0.492 e. The zero-order valence-corrected chi connectivity index (χ0v) is 13.3. The Morgan fingerprint density at radius 2 is 2.17 bits per heavy atom. The molecule has 0 aliphatic carbocycles. The van der Waals surface area contributed by atoms with Crippen molar-refractivity contribution in [3.05, 3.63) is 28.9 Å². The highest BCUT2D eigenvalue weighted by molar-refractivity contribution is 5.48. The number of pyridine rings is 1. The van der Waals surface area contributed by atoms with Crippen LogP contribution in [0.2, 0.25) is 0 Å². The lowest BCUT2D eigenvalue weighted by Crippen LogP contribution is -2.35. The summed E-state index contributed by atoms with van der Waals surface area (Å²) in [4.78, 5) is 20.1. The number of piperidine rings is 1. The van der Waals surface area contributed by atoms with Gasteiger partial charge < -0.3 is 9.64 Å². The average molecular weight is 318 g/mol. The standard InChI is InChI=1S/C16H22N4O3/c1-12(10-20-7-3-2-4-8-20)11-22-13-5-6-14(17-9-13)15-18-16(21)23-19-15/h5-6,9,12H,2-4,7-8,10-11H2,1H3,(H,18,19,21). The Balaban J connectivity index is 1.49. The summed E-state index contributed by atoms with van der Waals surface area (Å²) in [6.45, 7) is 6.35. The van der Waals surface area contributed by atoms with E-state index in [0.717, 1.165) is 6.54 Å². The van der Waals surface area contributed by atoms with Crippen molar-refractivity contribution in [2.45, 2.75) is 26.2 Å². The van der Waals surface area contributed by atoms with E-state index in [0.29, 0.717) is 29.8 Å². The van der Waals surface area contributed by atoms with Crippen molar-refractivity contribution in [2.24, 2.45) is 5.92 Å². The topological polar surface area (TPSA) is 84.2 Å². The number of H-pyrrole nitrogens is 1. The summed E-state index contributed by atoms with van der Waals surface area (Å²) >= 11 is 0. The molecule has 2 aromatic rings. The fourth-order valence-electron chi connectivity index (χ4n) is 2.82. The average Bonchev–Trinajstić information content (AvgIpc) is 3.01. The molecule has 1 saturated heterocycles. The van der Waals surface area contributed by atoms with Gasteiger partial charge in [-0.2, -0.15) is 0 Å². The smallest absolute Gasteiger partial charge is 0.439 e. The van der Waals surface area contributed by atoms with E-state index in [2.05, 4.69) is 31.5 Å². The molecule has 0 aromatic carbocycles. The maximum absolute atomic E-state index is 10.9. The molecule has 124 valence electrons. The number of hydrogen-bond acceptors (Lipinski definition) is 6. The summed E-state index contributed by atoms with van der Waals surface area (Å²) in [5, 5.41) is 3.60. The van der Waals surface area contributed by atoms with Crippen LogP contribution in [0.4, 0.5) is 0 Å². The van der Waals surface area contributed by atoms with Gasteiger partial charge >= 0.3 is 5.76 Å². The van der Waals surface area contributed by atoms with Crippen LogP contribution in [-0.2, 0) is 0 Å². The summed E-state index contributed by atoms with van der Waals surface area (Å²) in [6.07, 6.45) is 5.61. The molecule has 1 aliphatic heterocycles. The molecule has 7 nitrogen and oxygen atoms in total. The van der Waals surface area contributed by atoms with Crippen molar-refractivity contribution < 1.29 is 9.26 Å². The van der Waals surface area contributed by atoms with E-state index >= 15 is 0 Å². The van der Waals surface area contributed by atoms with Gasteiger partial charge in [0.1, 0.15) is 11.4 Å². The molecule has 23 heavy (non-hydrogen) atoms. The van der Waals surface area contributed by atoms with Crippen LogP contribution in [0.25, 0.3) is 11.5 Å². The quantitative estimate of drug-likeness (QED) is 0.876. The highest BCUT2D eigenvalue weighted by Gasteiger charge is 2.14. The van der Waals surface area contributed by atoms with E-state index < -0.39 is 5.76 Å². The molecular formula is C16H22N4O3. The highest BCUT2D eigenvalue weighted by Crippen LogP contribution is 2.16. The third-order valence-electron chi connectivity index (χ3n) is 3.97. The third-order valence-corrected chi connectivity index (χ3v) is 3.97. The van der Waals surface area contributed by atoms with Crippen molar-refractivity contribution in [3.63, 3.8) is 0 Å². The van der Waals surface area contributed by atoms with Gasteiger partial charge in [-0.3, -0.25) is 9.51 Å². The molecule has 1 N–H and O–H groups in total. The Kier molecular flexibility index (Phi) is 5.07. The number of aromatic nitrogens is 3. The number of nitrogens with one attached hydrogen (secondary N) is 1. The number of ether oxygens (including phenoxy) is 1. The van der Waals surface area contributed by atoms with Crippen molar-refractivity contribution >= 4 is 0 Å². The first-order valence-electron chi connectivity index (χ1n) is 8.08. The Hall–Kier alpha value is -2.15. The minimum atomic E-state index is -0.589. The SMILES string of the molecule is CC(COc1ccc(-c2noc(=O)[nH]2)nc1)CN1CCCCC1. The molecule has 7 heteroatoms. The van der Waals surface area contributed by atoms with Gasteiger partial charge in [0, 0.05) is 12.5 Å². The fraction of sp³-hybridized carbons (Fsp3) is 0.562. The van der Waals surface area contributed by atoms with Crippen LogP contribution in [0, 0.1) is 5.92 Å². The molecule has 0 saturated carbocycles. The summed E-state index contributed by atoms with van der Waals surface area (Å²) < 4.78 is 10.3. The van der Waals surface area contributed by atoms with Gasteiger partial charge in [0.2, 0.25) is 5.82 Å². The summed E-state index contributed by atoms with van der Waals surface area (Å²) in [6, 6.07) is 3.57. The molecule has 1 aliphatic rings. The molecule has 0 radical (unpaired) electrons. The van der Waals surface area contributed by atoms with Gasteiger partial charge in [-0.15, -0.1) is 0 Å². The Bertz CT molecular complexity index is 658. The largest absolute Gasteiger partial charge is 0.492 e. The molecule has 2 aromatic heterocycles. The monoisotopic (exact) mass is 318 g/mol. The van der Waals surface area contributed by atoms with E-state index in [4.69, 9.17) is 4.74 Å². The number of nitrogens with zero attached hydrogens (tertiary/aromatic N) is 3. The van der Waals surface area contributed by atoms with Crippen LogP contribution >= 0.6 is 0 Å². The van der Waals surface area contributed by atoms with E-state index in [1.807, 2.05) is 6.07 Å². The molecule has 1 unspecified atom stereocenters. The Morgan fingerprint density at radius 3 is 2.83 bits per heavy atom. The molecule has 0 amide bonds. The maximum Gasteiger partial charge on any atom is 0.439 e. The number of likely N-dealkylation sites (tertiary alicyclic amines) is 1. The molecular weight excluding hydrogens is 296 g/mol. The predicted molar refractivity (Wildman–Crippen MR) is 85.3 cm³/mol. The Morgan fingerprint density at radius 1 is 1.35 bits per heavy atom. The van der Waals surface area contributed by atoms with Gasteiger partial charge in [0.05, 0.1) is 12.8 Å². The fourth-order valence-corrected chi connectivity index (χ4v) is 2.82. The minimum absolute atomic E-state index is 0.319. The first-order valence-corrected chi connectivity index (χ1v) is 8.08. The van der Waals surface area contributed by atoms with Crippen LogP contribution < -0.4 is 10.5 Å². The lowest BCUT2D eigenvalue weighted by molar-refractivity contribution is 0.164. The van der Waals surface area contributed by atoms with E-state index in [1.54, 1.807) is 12.3 Å². The third kappa shape index (κ3) is 4.41. The zero-order valence-electron chi connectivity index (χ0n) is 13.3. The molecule has 1 atom stereocenters. The second-order valence-corrected chi connectivity index (χ2v) is 6.10. The van der Waals surface area contributed by atoms with E-state index in [-0.39, 0.29) is 0 Å². The summed E-state index contributed by atoms with van der Waals surface area (Å²) in [5.41, 5.74) is 0.546. The number of aromatic amines is 1. The van der Waals surface area contributed by atoms with Gasteiger partial charge in [-0.25, -0.2) is 9.78 Å². The molecule has 1 fully saturated rings. The first kappa shape index (κ1) is 15.7. The van der Waals surface area contributed by atoms with Crippen LogP contribution in [0.5, 0.6) is 5.75 Å². The van der Waals surface area contributed by atoms with Gasteiger partial charge in [-0.1, -0.05) is 18.5 Å². The van der Waals surface area contributed by atoms with Crippen molar-refractivity contribution in [3.8, 4) is 17.3 Å². The van der Waals surface area contributed by atoms with E-state index in [9.17, 15) is 4.79 Å². The molecule has 3 heterocycles. The lowest BCUT2D eigenvalue weighted by atomic mass is 10.1. The molecule has 0 bridgehead atoms. The Labute approximate surface area is 134 Å². The molecule has 0 spiro atoms. The first-order chi connectivity index (χ1) is 11.2. The van der Waals surface area contributed by atoms with Crippen molar-refractivity contribution in [1.82, 2.24) is 20.0 Å². The summed E-state index contributed by atoms with van der Waals surface area (Å²) in [5.74, 6) is 0.915. The highest BCUT2D eigenvalue weighted by atomic mass is 16.5. The molecule has 3 rings (SSSR count). The van der Waals surface area contributed by atoms with Crippen molar-refractivity contribution in [1.29, 1.82) is 0 Å². The summed E-state index contributed by atoms with van der Waals surface area (Å²) in [7, 11) is 0. The normalized spacial score (nSPS) is 17.1.